The molecule has 2 heterocycles. The summed E-state index contributed by atoms with van der Waals surface area (Å²) in [6.45, 7) is 3.02. The Morgan fingerprint density at radius 2 is 1.97 bits per heavy atom. The van der Waals surface area contributed by atoms with Gasteiger partial charge in [-0.1, -0.05) is 18.2 Å². The van der Waals surface area contributed by atoms with Crippen LogP contribution in [0.3, 0.4) is 0 Å². The molecule has 4 rings (SSSR count). The first-order chi connectivity index (χ1) is 17.1. The highest BCUT2D eigenvalue weighted by Crippen LogP contribution is 2.31. The monoisotopic (exact) mass is 497 g/mol. The highest BCUT2D eigenvalue weighted by atomic mass is 32.2. The maximum atomic E-state index is 12.7. The van der Waals surface area contributed by atoms with Crippen molar-refractivity contribution in [2.75, 3.05) is 56.8 Å². The number of nitrogens with one attached hydrogen (secondary N) is 1. The molecule has 0 bridgehead atoms. The Labute approximate surface area is 210 Å². The molecule has 2 aliphatic rings. The van der Waals surface area contributed by atoms with Crippen LogP contribution in [0.4, 0.5) is 5.69 Å². The average molecular weight is 498 g/mol. The third-order valence-electron chi connectivity index (χ3n) is 5.84. The minimum absolute atomic E-state index is 0.0637. The van der Waals surface area contributed by atoms with Gasteiger partial charge >= 0.3 is 5.97 Å². The summed E-state index contributed by atoms with van der Waals surface area (Å²) >= 11 is 1.95. The van der Waals surface area contributed by atoms with E-state index in [1.54, 1.807) is 19.2 Å². The van der Waals surface area contributed by atoms with Gasteiger partial charge < -0.3 is 19.5 Å². The van der Waals surface area contributed by atoms with Crippen LogP contribution >= 0.6 is 11.8 Å². The van der Waals surface area contributed by atoms with Crippen LogP contribution in [0.2, 0.25) is 0 Å². The molecule has 0 aliphatic carbocycles. The molecule has 0 saturated carbocycles. The summed E-state index contributed by atoms with van der Waals surface area (Å²) in [5, 5.41) is 9.53. The number of anilines is 1. The van der Waals surface area contributed by atoms with Gasteiger partial charge in [-0.15, -0.1) is 0 Å². The molecular formula is C26H31N3O5S. The second-order valence-electron chi connectivity index (χ2n) is 8.51. The molecule has 2 aromatic rings. The Balaban J connectivity index is 1.28. The molecule has 0 radical (unpaired) electrons. The van der Waals surface area contributed by atoms with Crippen LogP contribution in [-0.4, -0.2) is 74.6 Å². The van der Waals surface area contributed by atoms with Crippen molar-refractivity contribution in [2.24, 2.45) is 11.0 Å². The van der Waals surface area contributed by atoms with E-state index in [0.717, 1.165) is 47.9 Å². The van der Waals surface area contributed by atoms with Gasteiger partial charge in [0.05, 0.1) is 25.8 Å². The van der Waals surface area contributed by atoms with E-state index in [-0.39, 0.29) is 24.4 Å². The Bertz CT molecular complexity index is 1040. The van der Waals surface area contributed by atoms with Gasteiger partial charge in [0.1, 0.15) is 12.4 Å². The van der Waals surface area contributed by atoms with Crippen LogP contribution in [0, 0.1) is 5.92 Å². The van der Waals surface area contributed by atoms with Crippen LogP contribution in [-0.2, 0) is 20.7 Å². The fourth-order valence-electron chi connectivity index (χ4n) is 3.92. The molecule has 2 aliphatic heterocycles. The number of hydrogen-bond acceptors (Lipinski definition) is 8. The summed E-state index contributed by atoms with van der Waals surface area (Å²) < 4.78 is 15.9. The second-order valence-corrected chi connectivity index (χ2v) is 9.73. The van der Waals surface area contributed by atoms with Gasteiger partial charge in [0.2, 0.25) is 0 Å². The minimum atomic E-state index is -0.245. The fraction of sp³-hybridized carbons (Fsp3) is 0.423. The molecule has 1 saturated heterocycles. The lowest BCUT2D eigenvalue weighted by Gasteiger charge is -2.25. The van der Waals surface area contributed by atoms with E-state index in [0.29, 0.717) is 30.9 Å². The van der Waals surface area contributed by atoms with Crippen molar-refractivity contribution in [1.29, 1.82) is 0 Å². The number of fused-ring (bicyclic) bond motifs is 1. The maximum Gasteiger partial charge on any atom is 0.306 e. The van der Waals surface area contributed by atoms with Gasteiger partial charge in [0.15, 0.2) is 0 Å². The third kappa shape index (κ3) is 7.47. The molecule has 1 unspecified atom stereocenters. The van der Waals surface area contributed by atoms with Gasteiger partial charge in [-0.05, 0) is 35.7 Å². The summed E-state index contributed by atoms with van der Waals surface area (Å²) in [6, 6.07) is 13.0. The number of carbonyl (C=O) groups is 2. The minimum Gasteiger partial charge on any atom is -0.493 e. The number of methoxy groups -OCH3 is 1. The SMILES string of the molecule is COCCOC(=O)CC1COc2cc(NC(=O)c3ccc(C=NN4CCSCC4)cc3)ccc2C1. The number of ether oxygens (including phenoxy) is 3. The average Bonchev–Trinajstić information content (AvgIpc) is 2.88. The molecule has 1 N–H and O–H groups in total. The number of carbonyl (C=O) groups excluding carboxylic acids is 2. The van der Waals surface area contributed by atoms with Gasteiger partial charge in [-0.2, -0.15) is 16.9 Å². The van der Waals surface area contributed by atoms with Crippen LogP contribution < -0.4 is 10.1 Å². The zero-order chi connectivity index (χ0) is 24.5. The molecule has 2 aromatic carbocycles. The van der Waals surface area contributed by atoms with Crippen LogP contribution in [0.5, 0.6) is 5.75 Å². The van der Waals surface area contributed by atoms with Crippen molar-refractivity contribution in [3.05, 3.63) is 59.2 Å². The highest BCUT2D eigenvalue weighted by Gasteiger charge is 2.23. The molecule has 1 fully saturated rings. The van der Waals surface area contributed by atoms with E-state index in [2.05, 4.69) is 15.4 Å². The quantitative estimate of drug-likeness (QED) is 0.322. The highest BCUT2D eigenvalue weighted by molar-refractivity contribution is 7.99. The van der Waals surface area contributed by atoms with Gasteiger partial charge in [-0.3, -0.25) is 14.6 Å². The molecule has 1 atom stereocenters. The number of hydrazone groups is 1. The topological polar surface area (TPSA) is 89.5 Å². The lowest BCUT2D eigenvalue weighted by molar-refractivity contribution is -0.146. The van der Waals surface area contributed by atoms with E-state index in [9.17, 15) is 9.59 Å². The number of benzene rings is 2. The van der Waals surface area contributed by atoms with Crippen LogP contribution in [0.1, 0.15) is 27.9 Å². The molecule has 0 spiro atoms. The molecule has 0 aromatic heterocycles. The zero-order valence-electron chi connectivity index (χ0n) is 19.9. The Morgan fingerprint density at radius 3 is 2.74 bits per heavy atom. The molecule has 9 heteroatoms. The predicted molar refractivity (Wildman–Crippen MR) is 137 cm³/mol. The van der Waals surface area contributed by atoms with E-state index >= 15 is 0 Å². The molecule has 186 valence electrons. The first-order valence-corrected chi connectivity index (χ1v) is 12.9. The standard InChI is InChI=1S/C26H31N3O5S/c1-32-10-11-33-25(30)15-20-14-22-6-7-23(16-24(22)34-18-20)28-26(31)21-4-2-19(3-5-21)17-27-29-8-12-35-13-9-29/h2-7,16-17,20H,8-15,18H2,1H3,(H,28,31). The summed E-state index contributed by atoms with van der Waals surface area (Å²) in [6.07, 6.45) is 2.87. The van der Waals surface area contributed by atoms with Crippen molar-refractivity contribution in [2.45, 2.75) is 12.8 Å². The molecule has 1 amide bonds. The van der Waals surface area contributed by atoms with Crippen molar-refractivity contribution in [3.8, 4) is 5.75 Å². The Kier molecular flexibility index (Phi) is 9.02. The third-order valence-corrected chi connectivity index (χ3v) is 6.79. The largest absolute Gasteiger partial charge is 0.493 e. The summed E-state index contributed by atoms with van der Waals surface area (Å²) in [4.78, 5) is 24.7. The van der Waals surface area contributed by atoms with Crippen LogP contribution in [0.15, 0.2) is 47.6 Å². The van der Waals surface area contributed by atoms with E-state index in [1.165, 1.54) is 0 Å². The van der Waals surface area contributed by atoms with Gasteiger partial charge in [0.25, 0.3) is 5.91 Å². The van der Waals surface area contributed by atoms with E-state index < -0.39 is 0 Å². The van der Waals surface area contributed by atoms with E-state index in [1.807, 2.05) is 48.3 Å². The number of hydrogen-bond donors (Lipinski definition) is 1. The number of amides is 1. The van der Waals surface area contributed by atoms with Crippen molar-refractivity contribution in [1.82, 2.24) is 5.01 Å². The van der Waals surface area contributed by atoms with Crippen LogP contribution in [0.25, 0.3) is 0 Å². The summed E-state index contributed by atoms with van der Waals surface area (Å²) in [7, 11) is 1.57. The first kappa shape index (κ1) is 25.1. The Morgan fingerprint density at radius 1 is 1.17 bits per heavy atom. The maximum absolute atomic E-state index is 12.7. The van der Waals surface area contributed by atoms with E-state index in [4.69, 9.17) is 14.2 Å². The van der Waals surface area contributed by atoms with Crippen molar-refractivity contribution >= 4 is 35.5 Å². The van der Waals surface area contributed by atoms with Gasteiger partial charge in [-0.25, -0.2) is 0 Å². The lowest BCUT2D eigenvalue weighted by Crippen LogP contribution is -2.27. The lowest BCUT2D eigenvalue weighted by atomic mass is 9.94. The second kappa shape index (κ2) is 12.6. The number of rotatable bonds is 9. The summed E-state index contributed by atoms with van der Waals surface area (Å²) in [5.74, 6) is 2.58. The Hall–Kier alpha value is -3.04. The molecule has 35 heavy (non-hydrogen) atoms. The van der Waals surface area contributed by atoms with Gasteiger partial charge in [0, 0.05) is 54.9 Å². The molecule has 8 nitrogen and oxygen atoms in total. The van der Waals surface area contributed by atoms with Crippen molar-refractivity contribution < 1.29 is 23.8 Å². The summed E-state index contributed by atoms with van der Waals surface area (Å²) in [5.41, 5.74) is 3.21. The van der Waals surface area contributed by atoms with Crippen molar-refractivity contribution in [3.63, 3.8) is 0 Å². The number of thioether (sulfide) groups is 1. The smallest absolute Gasteiger partial charge is 0.306 e. The zero-order valence-corrected chi connectivity index (χ0v) is 20.7. The first-order valence-electron chi connectivity index (χ1n) is 11.8. The molecular weight excluding hydrogens is 466 g/mol. The number of esters is 1. The normalized spacial score (nSPS) is 17.5. The predicted octanol–water partition coefficient (Wildman–Crippen LogP) is 3.45. The fourth-order valence-corrected chi connectivity index (χ4v) is 4.80. The number of nitrogens with zero attached hydrogens (tertiary/aromatic N) is 2.